The summed E-state index contributed by atoms with van der Waals surface area (Å²) in [6.45, 7) is 0. The lowest BCUT2D eigenvalue weighted by atomic mass is 10.0. The summed E-state index contributed by atoms with van der Waals surface area (Å²) < 4.78 is 5.37. The number of nitrogen functional groups attached to an aromatic ring is 1. The number of hydrogen-bond acceptors (Lipinski definition) is 7. The molecule has 3 heterocycles. The van der Waals surface area contributed by atoms with Gasteiger partial charge in [0.25, 0.3) is 0 Å². The Bertz CT molecular complexity index is 940. The average molecular weight is 333 g/mol. The van der Waals surface area contributed by atoms with Crippen LogP contribution in [-0.4, -0.2) is 9.97 Å². The van der Waals surface area contributed by atoms with Crippen LogP contribution >= 0.6 is 11.8 Å². The van der Waals surface area contributed by atoms with Gasteiger partial charge in [-0.1, -0.05) is 6.07 Å². The monoisotopic (exact) mass is 333 g/mol. The molecule has 0 saturated carbocycles. The molecule has 0 spiro atoms. The first-order valence-corrected chi connectivity index (χ1v) is 7.92. The van der Waals surface area contributed by atoms with Crippen molar-refractivity contribution in [3.63, 3.8) is 0 Å². The van der Waals surface area contributed by atoms with Crippen molar-refractivity contribution in [2.24, 2.45) is 0 Å². The van der Waals surface area contributed by atoms with Crippen LogP contribution in [0.4, 0.5) is 5.82 Å². The SMILES string of the molecule is N#Cc1c(N)nc(SCc2cccnc2)c(C#N)c1-c1ccco1. The minimum absolute atomic E-state index is 0.0802. The largest absolute Gasteiger partial charge is 0.464 e. The third-order valence-corrected chi connectivity index (χ3v) is 4.33. The number of rotatable bonds is 4. The molecule has 3 aromatic rings. The van der Waals surface area contributed by atoms with E-state index in [0.717, 1.165) is 5.56 Å². The minimum atomic E-state index is 0.0802. The molecule has 3 rings (SSSR count). The van der Waals surface area contributed by atoms with E-state index >= 15 is 0 Å². The number of aromatic nitrogens is 2. The maximum absolute atomic E-state index is 9.60. The van der Waals surface area contributed by atoms with Crippen molar-refractivity contribution in [3.05, 3.63) is 59.6 Å². The zero-order valence-electron chi connectivity index (χ0n) is 12.4. The Hall–Kier alpha value is -3.29. The van der Waals surface area contributed by atoms with Crippen LogP contribution in [0.15, 0.2) is 52.4 Å². The molecular formula is C17H11N5OS. The number of hydrogen-bond donors (Lipinski definition) is 1. The summed E-state index contributed by atoms with van der Waals surface area (Å²) in [5.74, 6) is 1.08. The highest BCUT2D eigenvalue weighted by Gasteiger charge is 2.22. The number of nitriles is 2. The van der Waals surface area contributed by atoms with Crippen LogP contribution in [0.5, 0.6) is 0 Å². The van der Waals surface area contributed by atoms with Crippen LogP contribution < -0.4 is 5.73 Å². The zero-order valence-corrected chi connectivity index (χ0v) is 13.2. The van der Waals surface area contributed by atoms with Crippen molar-refractivity contribution < 1.29 is 4.42 Å². The highest BCUT2D eigenvalue weighted by molar-refractivity contribution is 7.98. The Balaban J connectivity index is 2.08. The van der Waals surface area contributed by atoms with Gasteiger partial charge in [-0.15, -0.1) is 11.8 Å². The topological polar surface area (TPSA) is 113 Å². The molecule has 24 heavy (non-hydrogen) atoms. The fraction of sp³-hybridized carbons (Fsp3) is 0.0588. The first-order chi connectivity index (χ1) is 11.7. The summed E-state index contributed by atoms with van der Waals surface area (Å²) in [4.78, 5) is 8.30. The molecule has 0 unspecified atom stereocenters. The Morgan fingerprint density at radius 3 is 2.62 bits per heavy atom. The number of anilines is 1. The molecule has 0 bridgehead atoms. The third-order valence-electron chi connectivity index (χ3n) is 3.28. The van der Waals surface area contributed by atoms with Crippen LogP contribution in [0, 0.1) is 22.7 Å². The van der Waals surface area contributed by atoms with Gasteiger partial charge in [-0.2, -0.15) is 10.5 Å². The van der Waals surface area contributed by atoms with Gasteiger partial charge in [0.05, 0.1) is 17.4 Å². The number of pyridine rings is 2. The second-order valence-electron chi connectivity index (χ2n) is 4.78. The van der Waals surface area contributed by atoms with E-state index in [-0.39, 0.29) is 16.9 Å². The summed E-state index contributed by atoms with van der Waals surface area (Å²) >= 11 is 1.36. The normalized spacial score (nSPS) is 10.1. The minimum Gasteiger partial charge on any atom is -0.464 e. The Kier molecular flexibility index (Phi) is 4.46. The molecular weight excluding hydrogens is 322 g/mol. The fourth-order valence-corrected chi connectivity index (χ4v) is 3.13. The lowest BCUT2D eigenvalue weighted by Gasteiger charge is -2.11. The second kappa shape index (κ2) is 6.86. The number of thioether (sulfide) groups is 1. The number of furan rings is 1. The maximum Gasteiger partial charge on any atom is 0.143 e. The van der Waals surface area contributed by atoms with Gasteiger partial charge >= 0.3 is 0 Å². The Morgan fingerprint density at radius 2 is 2.00 bits per heavy atom. The third kappa shape index (κ3) is 2.94. The van der Waals surface area contributed by atoms with Crippen molar-refractivity contribution in [2.45, 2.75) is 10.8 Å². The molecule has 0 amide bonds. The Morgan fingerprint density at radius 1 is 1.17 bits per heavy atom. The van der Waals surface area contributed by atoms with Gasteiger partial charge in [-0.3, -0.25) is 4.98 Å². The lowest BCUT2D eigenvalue weighted by Crippen LogP contribution is -2.03. The number of nitrogens with two attached hydrogens (primary N) is 1. The molecule has 0 aromatic carbocycles. The predicted octanol–water partition coefficient (Wildman–Crippen LogP) is 3.35. The van der Waals surface area contributed by atoms with Crippen LogP contribution in [0.2, 0.25) is 0 Å². The van der Waals surface area contributed by atoms with E-state index in [2.05, 4.69) is 16.0 Å². The first-order valence-electron chi connectivity index (χ1n) is 6.94. The molecule has 0 saturated heterocycles. The highest BCUT2D eigenvalue weighted by atomic mass is 32.2. The van der Waals surface area contributed by atoms with E-state index in [1.165, 1.54) is 18.0 Å². The van der Waals surface area contributed by atoms with E-state index in [0.29, 0.717) is 22.1 Å². The molecule has 0 atom stereocenters. The molecule has 2 N–H and O–H groups in total. The van der Waals surface area contributed by atoms with E-state index in [9.17, 15) is 10.5 Å². The van der Waals surface area contributed by atoms with Crippen molar-refractivity contribution in [1.82, 2.24) is 9.97 Å². The van der Waals surface area contributed by atoms with Crippen molar-refractivity contribution in [2.75, 3.05) is 5.73 Å². The zero-order chi connectivity index (χ0) is 16.9. The maximum atomic E-state index is 9.60. The van der Waals surface area contributed by atoms with E-state index < -0.39 is 0 Å². The summed E-state index contributed by atoms with van der Waals surface area (Å²) in [6, 6.07) is 11.3. The van der Waals surface area contributed by atoms with Gasteiger partial charge in [0.2, 0.25) is 0 Å². The molecule has 0 aliphatic heterocycles. The summed E-state index contributed by atoms with van der Waals surface area (Å²) in [5, 5.41) is 19.4. The molecule has 6 nitrogen and oxygen atoms in total. The summed E-state index contributed by atoms with van der Waals surface area (Å²) in [5.41, 5.74) is 7.73. The standard InChI is InChI=1S/C17H11N5OS/c18-7-12-15(14-4-2-6-23-14)13(8-19)17(22-16(12)20)24-10-11-3-1-5-21-9-11/h1-6,9H,10H2,(H2,20,22). The molecule has 116 valence electrons. The van der Waals surface area contributed by atoms with Gasteiger partial charge in [-0.25, -0.2) is 4.98 Å². The van der Waals surface area contributed by atoms with Gasteiger partial charge in [0, 0.05) is 18.1 Å². The Labute approximate surface area is 142 Å². The average Bonchev–Trinajstić information content (AvgIpc) is 3.14. The van der Waals surface area contributed by atoms with Gasteiger partial charge < -0.3 is 10.2 Å². The van der Waals surface area contributed by atoms with E-state index in [4.69, 9.17) is 10.2 Å². The van der Waals surface area contributed by atoms with E-state index in [1.54, 1.807) is 24.5 Å². The van der Waals surface area contributed by atoms with Gasteiger partial charge in [-0.05, 0) is 23.8 Å². The second-order valence-corrected chi connectivity index (χ2v) is 5.74. The van der Waals surface area contributed by atoms with Gasteiger partial charge in [0.1, 0.15) is 34.3 Å². The van der Waals surface area contributed by atoms with Crippen LogP contribution in [-0.2, 0) is 5.75 Å². The summed E-state index contributed by atoms with van der Waals surface area (Å²) in [6.07, 6.45) is 4.93. The van der Waals surface area contributed by atoms with Crippen molar-refractivity contribution in [1.29, 1.82) is 10.5 Å². The molecule has 0 fully saturated rings. The molecule has 0 aliphatic rings. The smallest absolute Gasteiger partial charge is 0.143 e. The number of nitrogens with zero attached hydrogens (tertiary/aromatic N) is 4. The molecule has 0 aliphatic carbocycles. The predicted molar refractivity (Wildman–Crippen MR) is 89.6 cm³/mol. The van der Waals surface area contributed by atoms with Crippen molar-refractivity contribution in [3.8, 4) is 23.5 Å². The van der Waals surface area contributed by atoms with E-state index in [1.807, 2.05) is 18.2 Å². The quantitative estimate of drug-likeness (QED) is 0.728. The van der Waals surface area contributed by atoms with Crippen LogP contribution in [0.25, 0.3) is 11.3 Å². The molecule has 0 radical (unpaired) electrons. The molecule has 3 aromatic heterocycles. The van der Waals surface area contributed by atoms with Gasteiger partial charge in [0.15, 0.2) is 0 Å². The summed E-state index contributed by atoms with van der Waals surface area (Å²) in [7, 11) is 0. The molecule has 7 heteroatoms. The fourth-order valence-electron chi connectivity index (χ4n) is 2.20. The lowest BCUT2D eigenvalue weighted by molar-refractivity contribution is 0.581. The van der Waals surface area contributed by atoms with Crippen molar-refractivity contribution >= 4 is 17.6 Å². The van der Waals surface area contributed by atoms with Crippen LogP contribution in [0.3, 0.4) is 0 Å². The van der Waals surface area contributed by atoms with Crippen LogP contribution in [0.1, 0.15) is 16.7 Å². The first kappa shape index (κ1) is 15.6. The highest BCUT2D eigenvalue weighted by Crippen LogP contribution is 2.36.